The predicted molar refractivity (Wildman–Crippen MR) is 49.9 cm³/mol. The summed E-state index contributed by atoms with van der Waals surface area (Å²) in [4.78, 5) is 2.40. The average Bonchev–Trinajstić information content (AvgIpc) is 2.05. The number of rotatable bonds is 2. The molecule has 0 spiro atoms. The third-order valence-corrected chi connectivity index (χ3v) is 2.81. The zero-order valence-corrected chi connectivity index (χ0v) is 8.34. The summed E-state index contributed by atoms with van der Waals surface area (Å²) in [7, 11) is 0. The van der Waals surface area contributed by atoms with Crippen molar-refractivity contribution in [1.29, 1.82) is 0 Å². The van der Waals surface area contributed by atoms with Crippen LogP contribution in [0.1, 0.15) is 27.2 Å². The lowest BCUT2D eigenvalue weighted by Gasteiger charge is -2.42. The molecule has 2 N–H and O–H groups in total. The minimum Gasteiger partial charge on any atom is -0.361 e. The summed E-state index contributed by atoms with van der Waals surface area (Å²) in [5.41, 5.74) is 5.98. The van der Waals surface area contributed by atoms with Crippen LogP contribution in [0.3, 0.4) is 0 Å². The molecule has 0 radical (unpaired) electrons. The molecule has 0 aromatic heterocycles. The molecule has 1 heterocycles. The zero-order valence-electron chi connectivity index (χ0n) is 8.34. The number of nitrogens with two attached hydrogens (primary N) is 1. The van der Waals surface area contributed by atoms with Gasteiger partial charge in [0.15, 0.2) is 0 Å². The highest BCUT2D eigenvalue weighted by Gasteiger charge is 2.28. The van der Waals surface area contributed by atoms with Gasteiger partial charge >= 0.3 is 0 Å². The minimum absolute atomic E-state index is 0.0930. The molecule has 12 heavy (non-hydrogen) atoms. The molecule has 1 atom stereocenters. The first-order valence-corrected chi connectivity index (χ1v) is 4.68. The Balaban J connectivity index is 2.50. The molecule has 1 aliphatic heterocycles. The van der Waals surface area contributed by atoms with Crippen molar-refractivity contribution in [3.8, 4) is 0 Å². The van der Waals surface area contributed by atoms with Gasteiger partial charge in [0.2, 0.25) is 0 Å². The second-order valence-electron chi connectivity index (χ2n) is 4.02. The predicted octanol–water partition coefficient (Wildman–Crippen LogP) is 0.792. The van der Waals surface area contributed by atoms with E-state index in [2.05, 4.69) is 25.7 Å². The Morgan fingerprint density at radius 3 is 2.75 bits per heavy atom. The summed E-state index contributed by atoms with van der Waals surface area (Å²) in [6.07, 6.45) is 1.06. The van der Waals surface area contributed by atoms with Gasteiger partial charge in [-0.25, -0.2) is 0 Å². The van der Waals surface area contributed by atoms with Gasteiger partial charge < -0.3 is 10.5 Å². The fourth-order valence-corrected chi connectivity index (χ4v) is 1.45. The van der Waals surface area contributed by atoms with Crippen LogP contribution in [0.25, 0.3) is 0 Å². The lowest BCUT2D eigenvalue weighted by molar-refractivity contribution is -0.0597. The lowest BCUT2D eigenvalue weighted by atomic mass is 9.99. The maximum atomic E-state index is 5.71. The molecule has 0 bridgehead atoms. The third kappa shape index (κ3) is 2.19. The molecule has 1 saturated heterocycles. The average molecular weight is 172 g/mol. The van der Waals surface area contributed by atoms with Crippen molar-refractivity contribution in [2.24, 2.45) is 5.73 Å². The molecule has 3 heteroatoms. The number of hydrogen-bond acceptors (Lipinski definition) is 3. The van der Waals surface area contributed by atoms with Gasteiger partial charge in [-0.15, -0.1) is 0 Å². The van der Waals surface area contributed by atoms with Gasteiger partial charge in [-0.05, 0) is 20.3 Å². The maximum Gasteiger partial charge on any atom is 0.118 e. The van der Waals surface area contributed by atoms with Crippen molar-refractivity contribution < 1.29 is 4.74 Å². The summed E-state index contributed by atoms with van der Waals surface area (Å²) in [5, 5.41) is 0. The van der Waals surface area contributed by atoms with Crippen molar-refractivity contribution in [3.05, 3.63) is 0 Å². The minimum atomic E-state index is -0.0930. The highest BCUT2D eigenvalue weighted by molar-refractivity contribution is 4.82. The zero-order chi connectivity index (χ0) is 9.19. The Bertz CT molecular complexity index is 147. The smallest absolute Gasteiger partial charge is 0.118 e. The Hall–Kier alpha value is -0.120. The van der Waals surface area contributed by atoms with Crippen LogP contribution in [0.4, 0.5) is 0 Å². The van der Waals surface area contributed by atoms with Crippen molar-refractivity contribution in [3.63, 3.8) is 0 Å². The lowest BCUT2D eigenvalue weighted by Crippen LogP contribution is -2.54. The van der Waals surface area contributed by atoms with Crippen LogP contribution in [0.2, 0.25) is 0 Å². The second kappa shape index (κ2) is 3.73. The van der Waals surface area contributed by atoms with E-state index in [-0.39, 0.29) is 11.8 Å². The fourth-order valence-electron chi connectivity index (χ4n) is 1.45. The number of ether oxygens (including phenoxy) is 1. The van der Waals surface area contributed by atoms with E-state index >= 15 is 0 Å². The van der Waals surface area contributed by atoms with Crippen molar-refractivity contribution in [2.45, 2.75) is 39.0 Å². The van der Waals surface area contributed by atoms with Crippen LogP contribution in [0, 0.1) is 0 Å². The van der Waals surface area contributed by atoms with Gasteiger partial charge in [0.25, 0.3) is 0 Å². The third-order valence-electron chi connectivity index (χ3n) is 2.81. The highest BCUT2D eigenvalue weighted by atomic mass is 16.5. The van der Waals surface area contributed by atoms with E-state index in [0.717, 1.165) is 26.1 Å². The Kier molecular flexibility index (Phi) is 3.09. The monoisotopic (exact) mass is 172 g/mol. The molecule has 1 aliphatic rings. The summed E-state index contributed by atoms with van der Waals surface area (Å²) < 4.78 is 5.28. The van der Waals surface area contributed by atoms with Crippen LogP contribution in [-0.2, 0) is 4.74 Å². The van der Waals surface area contributed by atoms with Gasteiger partial charge in [0.1, 0.15) is 6.23 Å². The van der Waals surface area contributed by atoms with E-state index in [1.807, 2.05) is 0 Å². The molecule has 3 nitrogen and oxygen atoms in total. The molecule has 0 aromatic carbocycles. The van der Waals surface area contributed by atoms with E-state index < -0.39 is 0 Å². The SMILES string of the molecule is CCC(C)(C)N1CCOC(N)C1. The number of nitrogens with zero attached hydrogens (tertiary/aromatic N) is 1. The molecule has 72 valence electrons. The van der Waals surface area contributed by atoms with E-state index in [9.17, 15) is 0 Å². The molecule has 1 rings (SSSR count). The van der Waals surface area contributed by atoms with E-state index in [0.29, 0.717) is 0 Å². The van der Waals surface area contributed by atoms with E-state index in [1.165, 1.54) is 0 Å². The highest BCUT2D eigenvalue weighted by Crippen LogP contribution is 2.20. The summed E-state index contributed by atoms with van der Waals surface area (Å²) >= 11 is 0. The molecule has 0 amide bonds. The largest absolute Gasteiger partial charge is 0.361 e. The quantitative estimate of drug-likeness (QED) is 0.669. The summed E-state index contributed by atoms with van der Waals surface area (Å²) in [6.45, 7) is 9.36. The van der Waals surface area contributed by atoms with Gasteiger partial charge in [-0.3, -0.25) is 4.90 Å². The Morgan fingerprint density at radius 2 is 2.25 bits per heavy atom. The van der Waals surface area contributed by atoms with Crippen LogP contribution in [-0.4, -0.2) is 36.4 Å². The summed E-state index contributed by atoms with van der Waals surface area (Å²) in [5.74, 6) is 0. The fraction of sp³-hybridized carbons (Fsp3) is 1.00. The van der Waals surface area contributed by atoms with Gasteiger partial charge in [-0.1, -0.05) is 6.92 Å². The molecular formula is C9H20N2O. The van der Waals surface area contributed by atoms with Gasteiger partial charge in [-0.2, -0.15) is 0 Å². The second-order valence-corrected chi connectivity index (χ2v) is 4.02. The van der Waals surface area contributed by atoms with Crippen molar-refractivity contribution in [2.75, 3.05) is 19.7 Å². The van der Waals surface area contributed by atoms with Crippen LogP contribution < -0.4 is 5.73 Å². The first-order chi connectivity index (χ1) is 5.56. The van der Waals surface area contributed by atoms with Gasteiger partial charge in [0.05, 0.1) is 6.61 Å². The van der Waals surface area contributed by atoms with Crippen molar-refractivity contribution in [1.82, 2.24) is 4.90 Å². The Labute approximate surface area is 74.9 Å². The first kappa shape index (κ1) is 9.96. The van der Waals surface area contributed by atoms with Crippen LogP contribution >= 0.6 is 0 Å². The molecule has 0 saturated carbocycles. The first-order valence-electron chi connectivity index (χ1n) is 4.68. The topological polar surface area (TPSA) is 38.5 Å². The normalized spacial score (nSPS) is 27.5. The Morgan fingerprint density at radius 1 is 1.58 bits per heavy atom. The molecule has 0 aliphatic carbocycles. The summed E-state index contributed by atoms with van der Waals surface area (Å²) in [6, 6.07) is 0. The molecule has 0 aromatic rings. The number of morpholine rings is 1. The van der Waals surface area contributed by atoms with Crippen LogP contribution in [0.5, 0.6) is 0 Å². The number of hydrogen-bond donors (Lipinski definition) is 1. The molecule has 1 unspecified atom stereocenters. The molecular weight excluding hydrogens is 152 g/mol. The molecule has 1 fully saturated rings. The standard InChI is InChI=1S/C9H20N2O/c1-4-9(2,3)11-5-6-12-8(10)7-11/h8H,4-7,10H2,1-3H3. The van der Waals surface area contributed by atoms with E-state index in [1.54, 1.807) is 0 Å². The van der Waals surface area contributed by atoms with Crippen LogP contribution in [0.15, 0.2) is 0 Å². The maximum absolute atomic E-state index is 5.71. The van der Waals surface area contributed by atoms with Crippen molar-refractivity contribution >= 4 is 0 Å². The van der Waals surface area contributed by atoms with Gasteiger partial charge in [0, 0.05) is 18.6 Å². The van der Waals surface area contributed by atoms with E-state index in [4.69, 9.17) is 10.5 Å².